The predicted octanol–water partition coefficient (Wildman–Crippen LogP) is 5.06. The summed E-state index contributed by atoms with van der Waals surface area (Å²) >= 11 is 0. The van der Waals surface area contributed by atoms with Crippen molar-refractivity contribution in [3.8, 4) is 5.88 Å². The van der Waals surface area contributed by atoms with E-state index in [4.69, 9.17) is 28.9 Å². The molecule has 0 aromatic carbocycles. The molecule has 3 atom stereocenters. The molecule has 2 spiro atoms. The van der Waals surface area contributed by atoms with Gasteiger partial charge in [0.2, 0.25) is 5.88 Å². The predicted molar refractivity (Wildman–Crippen MR) is 174 cm³/mol. The number of hydrogen-bond acceptors (Lipinski definition) is 11. The molecule has 46 heavy (non-hydrogen) atoms. The van der Waals surface area contributed by atoms with Gasteiger partial charge in [0.05, 0.1) is 18.6 Å². The minimum Gasteiger partial charge on any atom is -0.511 e. The molecule has 0 bridgehead atoms. The zero-order valence-electron chi connectivity index (χ0n) is 28.3. The number of aliphatic hydroxyl groups is 1. The SMILES string of the molecule is C[C@H](Oc1cc(N2CCN(C(=O)OC(C)(C)C)CC2)nc(C(=N)C2=C(O)[C@]3(CCCCC34OCCO4)CCC2)n1)[C@@H]1CCCN1C. The molecule has 1 aromatic rings. The number of fused-ring (bicyclic) bond motifs is 1. The van der Waals surface area contributed by atoms with Crippen molar-refractivity contribution < 1.29 is 28.8 Å². The first-order valence-corrected chi connectivity index (χ1v) is 17.2. The third kappa shape index (κ3) is 6.32. The van der Waals surface area contributed by atoms with Crippen LogP contribution in [-0.2, 0) is 14.2 Å². The first-order valence-electron chi connectivity index (χ1n) is 17.2. The third-order valence-corrected chi connectivity index (χ3v) is 10.5. The zero-order valence-corrected chi connectivity index (χ0v) is 28.3. The van der Waals surface area contributed by atoms with Crippen molar-refractivity contribution >= 4 is 17.6 Å². The van der Waals surface area contributed by atoms with E-state index < -0.39 is 16.8 Å². The molecule has 4 fully saturated rings. The van der Waals surface area contributed by atoms with E-state index in [9.17, 15) is 15.3 Å². The van der Waals surface area contributed by atoms with Crippen LogP contribution in [0.2, 0.25) is 0 Å². The topological polar surface area (TPSA) is 134 Å². The van der Waals surface area contributed by atoms with Crippen molar-refractivity contribution in [3.05, 3.63) is 23.2 Å². The maximum atomic E-state index is 12.7. The molecular weight excluding hydrogens is 588 g/mol. The second-order valence-corrected chi connectivity index (χ2v) is 14.7. The number of carbonyl (C=O) groups excluding carboxylic acids is 1. The van der Waals surface area contributed by atoms with Gasteiger partial charge in [-0.3, -0.25) is 10.3 Å². The summed E-state index contributed by atoms with van der Waals surface area (Å²) in [4.78, 5) is 28.5. The van der Waals surface area contributed by atoms with Crippen LogP contribution in [0.3, 0.4) is 0 Å². The second-order valence-electron chi connectivity index (χ2n) is 14.7. The number of allylic oxidation sites excluding steroid dienone is 1. The molecule has 1 saturated carbocycles. The van der Waals surface area contributed by atoms with Crippen LogP contribution in [0.15, 0.2) is 17.4 Å². The van der Waals surface area contributed by atoms with Gasteiger partial charge in [-0.25, -0.2) is 9.78 Å². The lowest BCUT2D eigenvalue weighted by Crippen LogP contribution is -2.54. The van der Waals surface area contributed by atoms with E-state index in [2.05, 4.69) is 23.8 Å². The standard InChI is InChI=1S/C34H52N6O6/c1-23(25-11-9-15-38(25)5)45-27-22-26(39-16-18-40(19-17-39)31(42)46-32(2,3)4)36-30(37-27)28(35)24-10-8-13-33(29(24)41)12-6-7-14-34(33)43-20-21-44-34/h22-23,25,35,41H,6-21H2,1-5H3/t23-,25-,33-/m0/s1. The molecule has 2 N–H and O–H groups in total. The number of nitrogens with one attached hydrogen (secondary N) is 1. The maximum absolute atomic E-state index is 12.7. The number of aromatic nitrogens is 2. The minimum absolute atomic E-state index is 0.106. The normalized spacial score (nSPS) is 27.8. The van der Waals surface area contributed by atoms with Crippen molar-refractivity contribution in [2.24, 2.45) is 5.41 Å². The second kappa shape index (κ2) is 12.9. The summed E-state index contributed by atoms with van der Waals surface area (Å²) < 4.78 is 24.6. The lowest BCUT2D eigenvalue weighted by molar-refractivity contribution is -0.255. The molecule has 12 heteroatoms. The molecule has 2 aliphatic carbocycles. The van der Waals surface area contributed by atoms with Gasteiger partial charge in [-0.2, -0.15) is 4.98 Å². The van der Waals surface area contributed by atoms with E-state index in [1.165, 1.54) is 0 Å². The Morgan fingerprint density at radius 2 is 1.74 bits per heavy atom. The summed E-state index contributed by atoms with van der Waals surface area (Å²) in [6.45, 7) is 11.8. The van der Waals surface area contributed by atoms with Gasteiger partial charge in [-0.15, -0.1) is 0 Å². The largest absolute Gasteiger partial charge is 0.511 e. The number of rotatable bonds is 6. The number of likely N-dealkylation sites (N-methyl/N-ethyl adjacent to an activating group) is 1. The van der Waals surface area contributed by atoms with Crippen LogP contribution < -0.4 is 9.64 Å². The summed E-state index contributed by atoms with van der Waals surface area (Å²) in [5.74, 6) is 0.645. The molecule has 1 amide bonds. The number of anilines is 1. The van der Waals surface area contributed by atoms with Gasteiger partial charge in [0.25, 0.3) is 0 Å². The van der Waals surface area contributed by atoms with Crippen molar-refractivity contribution in [2.75, 3.05) is 57.9 Å². The maximum Gasteiger partial charge on any atom is 0.410 e. The smallest absolute Gasteiger partial charge is 0.410 e. The van der Waals surface area contributed by atoms with Crippen LogP contribution in [0.4, 0.5) is 10.6 Å². The molecule has 12 nitrogen and oxygen atoms in total. The summed E-state index contributed by atoms with van der Waals surface area (Å²) in [6.07, 6.45) is 7.37. The Morgan fingerprint density at radius 1 is 1.04 bits per heavy atom. The molecule has 6 rings (SSSR count). The Hall–Kier alpha value is -2.96. The van der Waals surface area contributed by atoms with Crippen LogP contribution in [0.1, 0.15) is 91.3 Å². The van der Waals surface area contributed by atoms with Gasteiger partial charge in [-0.1, -0.05) is 6.42 Å². The fraction of sp³-hybridized carbons (Fsp3) is 0.765. The zero-order chi connectivity index (χ0) is 32.7. The number of amides is 1. The van der Waals surface area contributed by atoms with Gasteiger partial charge in [-0.05, 0) is 86.2 Å². The van der Waals surface area contributed by atoms with Gasteiger partial charge < -0.3 is 33.9 Å². The summed E-state index contributed by atoms with van der Waals surface area (Å²) in [6, 6.07) is 2.12. The third-order valence-electron chi connectivity index (χ3n) is 10.5. The number of nitrogens with zero attached hydrogens (tertiary/aromatic N) is 5. The Bertz CT molecular complexity index is 1330. The summed E-state index contributed by atoms with van der Waals surface area (Å²) in [5, 5.41) is 21.4. The highest BCUT2D eigenvalue weighted by Crippen LogP contribution is 2.58. The highest BCUT2D eigenvalue weighted by molar-refractivity contribution is 6.08. The van der Waals surface area contributed by atoms with Crippen LogP contribution >= 0.6 is 0 Å². The van der Waals surface area contributed by atoms with E-state index in [0.717, 1.165) is 57.9 Å². The Morgan fingerprint density at radius 3 is 2.41 bits per heavy atom. The average Bonchev–Trinajstić information content (AvgIpc) is 3.68. The van der Waals surface area contributed by atoms with Crippen LogP contribution in [-0.4, -0.2) is 113 Å². The van der Waals surface area contributed by atoms with E-state index in [-0.39, 0.29) is 35.5 Å². The molecule has 5 aliphatic rings. The van der Waals surface area contributed by atoms with Gasteiger partial charge in [0.1, 0.15) is 29.0 Å². The Balaban J connectivity index is 1.30. The molecule has 1 aromatic heterocycles. The van der Waals surface area contributed by atoms with Gasteiger partial charge in [0.15, 0.2) is 11.6 Å². The average molecular weight is 641 g/mol. The summed E-state index contributed by atoms with van der Waals surface area (Å²) in [5.41, 5.74) is -0.552. The van der Waals surface area contributed by atoms with Gasteiger partial charge >= 0.3 is 6.09 Å². The molecule has 3 saturated heterocycles. The minimum atomic E-state index is -0.838. The Kier molecular flexibility index (Phi) is 9.26. The number of carbonyl (C=O) groups is 1. The lowest BCUT2D eigenvalue weighted by atomic mass is 9.61. The fourth-order valence-electron chi connectivity index (χ4n) is 8.16. The molecular formula is C34H52N6O6. The first-order chi connectivity index (χ1) is 21.9. The quantitative estimate of drug-likeness (QED) is 0.407. The fourth-order valence-corrected chi connectivity index (χ4v) is 8.16. The van der Waals surface area contributed by atoms with Gasteiger partial charge in [0, 0.05) is 50.3 Å². The molecule has 254 valence electrons. The van der Waals surface area contributed by atoms with Crippen molar-refractivity contribution in [2.45, 2.75) is 109 Å². The molecule has 3 aliphatic heterocycles. The van der Waals surface area contributed by atoms with E-state index in [1.54, 1.807) is 4.90 Å². The van der Waals surface area contributed by atoms with E-state index in [1.807, 2.05) is 26.8 Å². The van der Waals surface area contributed by atoms with Crippen molar-refractivity contribution in [3.63, 3.8) is 0 Å². The molecule has 0 unspecified atom stereocenters. The summed E-state index contributed by atoms with van der Waals surface area (Å²) in [7, 11) is 2.12. The molecule has 0 radical (unpaired) electrons. The highest BCUT2D eigenvalue weighted by Gasteiger charge is 2.60. The number of piperazine rings is 1. The van der Waals surface area contributed by atoms with Crippen molar-refractivity contribution in [1.82, 2.24) is 19.8 Å². The van der Waals surface area contributed by atoms with Crippen LogP contribution in [0.5, 0.6) is 5.88 Å². The van der Waals surface area contributed by atoms with Crippen LogP contribution in [0.25, 0.3) is 0 Å². The monoisotopic (exact) mass is 640 g/mol. The van der Waals surface area contributed by atoms with Crippen LogP contribution in [0, 0.1) is 10.8 Å². The highest BCUT2D eigenvalue weighted by atomic mass is 16.7. The molecule has 4 heterocycles. The number of likely N-dealkylation sites (tertiary alicyclic amines) is 1. The number of hydrogen-bond donors (Lipinski definition) is 2. The lowest BCUT2D eigenvalue weighted by Gasteiger charge is -2.51. The van der Waals surface area contributed by atoms with Crippen molar-refractivity contribution in [1.29, 1.82) is 5.41 Å². The number of ether oxygens (including phenoxy) is 4. The Labute approximate surface area is 272 Å². The van der Waals surface area contributed by atoms with E-state index >= 15 is 0 Å². The van der Waals surface area contributed by atoms with E-state index in [0.29, 0.717) is 63.1 Å². The first kappa shape index (κ1) is 33.0. The number of aliphatic hydroxyl groups excluding tert-OH is 1.